The van der Waals surface area contributed by atoms with E-state index >= 15 is 0 Å². The second kappa shape index (κ2) is 7.65. The van der Waals surface area contributed by atoms with E-state index in [1.165, 1.54) is 16.2 Å². The van der Waals surface area contributed by atoms with Crippen LogP contribution < -0.4 is 4.90 Å². The molecule has 0 aliphatic rings. The number of nitrogens with zero attached hydrogens (tertiary/aromatic N) is 2. The number of aliphatic carboxylic acids is 1. The highest BCUT2D eigenvalue weighted by Gasteiger charge is 2.23. The van der Waals surface area contributed by atoms with E-state index in [4.69, 9.17) is 5.11 Å². The van der Waals surface area contributed by atoms with Crippen LogP contribution in [0.2, 0.25) is 0 Å². The molecule has 3 rings (SSSR count). The number of carbonyl (C=O) groups is 2. The quantitative estimate of drug-likeness (QED) is 0.604. The maximum atomic E-state index is 13.9. The summed E-state index contributed by atoms with van der Waals surface area (Å²) in [6, 6.07) is 2.25. The van der Waals surface area contributed by atoms with Crippen molar-refractivity contribution in [2.24, 2.45) is 0 Å². The Morgan fingerprint density at radius 3 is 2.59 bits per heavy atom. The van der Waals surface area contributed by atoms with Crippen molar-refractivity contribution < 1.29 is 27.9 Å². The van der Waals surface area contributed by atoms with Gasteiger partial charge in [0.05, 0.1) is 17.7 Å². The highest BCUT2D eigenvalue weighted by molar-refractivity contribution is 7.18. The lowest BCUT2D eigenvalue weighted by molar-refractivity contribution is -0.138. The first-order valence-electron chi connectivity index (χ1n) is 7.77. The maximum Gasteiger partial charge on any atom is 0.303 e. The van der Waals surface area contributed by atoms with Crippen LogP contribution in [0.15, 0.2) is 17.5 Å². The molecule has 0 aliphatic carbocycles. The van der Waals surface area contributed by atoms with Crippen LogP contribution >= 0.6 is 22.7 Å². The summed E-state index contributed by atoms with van der Waals surface area (Å²) in [5.41, 5.74) is 0.376. The fraction of sp³-hybridized carbons (Fsp3) is 0.235. The van der Waals surface area contributed by atoms with E-state index < -0.39 is 34.8 Å². The van der Waals surface area contributed by atoms with Gasteiger partial charge in [0, 0.05) is 12.5 Å². The molecule has 1 aromatic carbocycles. The molecule has 3 aromatic rings. The smallest absolute Gasteiger partial charge is 0.303 e. The van der Waals surface area contributed by atoms with Gasteiger partial charge in [-0.2, -0.15) is 0 Å². The Kier molecular flexibility index (Phi) is 5.47. The monoisotopic (exact) mass is 414 g/mol. The van der Waals surface area contributed by atoms with Crippen LogP contribution in [0.1, 0.15) is 23.4 Å². The van der Waals surface area contributed by atoms with E-state index in [0.717, 1.165) is 16.9 Å². The fourth-order valence-corrected chi connectivity index (χ4v) is 4.40. The molecule has 0 saturated carbocycles. The molecule has 10 heteroatoms. The molecule has 0 saturated heterocycles. The molecule has 142 valence electrons. The number of anilines is 1. The standard InChI is InChI=1S/C17H13F3N2O3S2/c1-8-4-5-26-17(8)22(12(23)2-3-13(24)25)7-11-21-15-14(20)9(18)6-10(19)16(15)27-11/h4-6H,2-3,7H2,1H3,(H,24,25). The number of hydrogen-bond acceptors (Lipinski definition) is 5. The van der Waals surface area contributed by atoms with E-state index in [1.54, 1.807) is 18.4 Å². The van der Waals surface area contributed by atoms with E-state index in [9.17, 15) is 22.8 Å². The number of carboxylic acid groups (broad SMARTS) is 1. The van der Waals surface area contributed by atoms with Crippen LogP contribution in [-0.2, 0) is 16.1 Å². The second-order valence-corrected chi connectivity index (χ2v) is 7.70. The predicted octanol–water partition coefficient (Wildman–Crippen LogP) is 4.48. The first-order valence-corrected chi connectivity index (χ1v) is 9.46. The number of thiazole rings is 1. The van der Waals surface area contributed by atoms with Crippen molar-refractivity contribution in [1.82, 2.24) is 4.98 Å². The van der Waals surface area contributed by atoms with Crippen molar-refractivity contribution in [2.75, 3.05) is 4.90 Å². The number of hydrogen-bond donors (Lipinski definition) is 1. The van der Waals surface area contributed by atoms with Gasteiger partial charge >= 0.3 is 5.97 Å². The average Bonchev–Trinajstić information content (AvgIpc) is 3.22. The molecule has 0 atom stereocenters. The zero-order chi connectivity index (χ0) is 19.7. The highest BCUT2D eigenvalue weighted by Crippen LogP contribution is 2.33. The number of amides is 1. The molecule has 0 aliphatic heterocycles. The molecule has 2 heterocycles. The zero-order valence-corrected chi connectivity index (χ0v) is 15.6. The lowest BCUT2D eigenvalue weighted by atomic mass is 10.2. The predicted molar refractivity (Wildman–Crippen MR) is 96.6 cm³/mol. The molecule has 5 nitrogen and oxygen atoms in total. The van der Waals surface area contributed by atoms with Crippen LogP contribution in [0, 0.1) is 24.4 Å². The van der Waals surface area contributed by atoms with Gasteiger partial charge in [-0.15, -0.1) is 22.7 Å². The summed E-state index contributed by atoms with van der Waals surface area (Å²) >= 11 is 2.10. The fourth-order valence-electron chi connectivity index (χ4n) is 2.49. The number of aromatic nitrogens is 1. The van der Waals surface area contributed by atoms with Gasteiger partial charge in [0.15, 0.2) is 11.6 Å². The topological polar surface area (TPSA) is 70.5 Å². The molecule has 0 radical (unpaired) electrons. The molecule has 2 aromatic heterocycles. The molecule has 27 heavy (non-hydrogen) atoms. The Morgan fingerprint density at radius 1 is 1.22 bits per heavy atom. The van der Waals surface area contributed by atoms with Crippen molar-refractivity contribution in [3.05, 3.63) is 45.5 Å². The van der Waals surface area contributed by atoms with Gasteiger partial charge in [-0.1, -0.05) is 0 Å². The van der Waals surface area contributed by atoms with Gasteiger partial charge in [-0.3, -0.25) is 14.5 Å². The Bertz CT molecular complexity index is 1030. The normalized spacial score (nSPS) is 11.1. The van der Waals surface area contributed by atoms with E-state index in [0.29, 0.717) is 11.1 Å². The number of carboxylic acids is 1. The summed E-state index contributed by atoms with van der Waals surface area (Å²) in [6.45, 7) is 1.69. The minimum absolute atomic E-state index is 0.0976. The van der Waals surface area contributed by atoms with Gasteiger partial charge in [-0.25, -0.2) is 18.2 Å². The third-order valence-corrected chi connectivity index (χ3v) is 5.87. The molecule has 0 spiro atoms. The first kappa shape index (κ1) is 19.3. The van der Waals surface area contributed by atoms with Crippen LogP contribution in [0.3, 0.4) is 0 Å². The Hall–Kier alpha value is -2.46. The molecule has 1 N–H and O–H groups in total. The van der Waals surface area contributed by atoms with E-state index in [-0.39, 0.29) is 29.1 Å². The molecular weight excluding hydrogens is 401 g/mol. The summed E-state index contributed by atoms with van der Waals surface area (Å²) in [6.07, 6.45) is -0.566. The lowest BCUT2D eigenvalue weighted by Crippen LogP contribution is -2.30. The summed E-state index contributed by atoms with van der Waals surface area (Å²) < 4.78 is 41.1. The number of halogens is 3. The number of thiophene rings is 1. The largest absolute Gasteiger partial charge is 0.481 e. The molecular formula is C17H13F3N2O3S2. The van der Waals surface area contributed by atoms with Gasteiger partial charge < -0.3 is 5.11 Å². The Labute approximate surface area is 159 Å². The van der Waals surface area contributed by atoms with E-state index in [1.807, 2.05) is 0 Å². The van der Waals surface area contributed by atoms with Crippen LogP contribution in [0.25, 0.3) is 10.2 Å². The van der Waals surface area contributed by atoms with Gasteiger partial charge in [0.2, 0.25) is 5.91 Å². The maximum absolute atomic E-state index is 13.9. The van der Waals surface area contributed by atoms with Crippen molar-refractivity contribution in [3.8, 4) is 0 Å². The number of aryl methyl sites for hydroxylation is 1. The third kappa shape index (κ3) is 3.96. The van der Waals surface area contributed by atoms with Gasteiger partial charge in [0.1, 0.15) is 21.3 Å². The zero-order valence-electron chi connectivity index (χ0n) is 14.0. The minimum Gasteiger partial charge on any atom is -0.481 e. The van der Waals surface area contributed by atoms with Crippen molar-refractivity contribution in [3.63, 3.8) is 0 Å². The summed E-state index contributed by atoms with van der Waals surface area (Å²) in [7, 11) is 0. The highest BCUT2D eigenvalue weighted by atomic mass is 32.1. The molecule has 0 bridgehead atoms. The van der Waals surface area contributed by atoms with Crippen LogP contribution in [0.4, 0.5) is 18.2 Å². The number of fused-ring (bicyclic) bond motifs is 1. The van der Waals surface area contributed by atoms with Crippen molar-refractivity contribution >= 4 is 49.8 Å². The van der Waals surface area contributed by atoms with Crippen LogP contribution in [-0.4, -0.2) is 22.0 Å². The molecule has 0 fully saturated rings. The van der Waals surface area contributed by atoms with E-state index in [2.05, 4.69) is 4.98 Å². The van der Waals surface area contributed by atoms with Crippen molar-refractivity contribution in [2.45, 2.75) is 26.3 Å². The number of rotatable bonds is 6. The second-order valence-electron chi connectivity index (χ2n) is 5.72. The molecule has 1 amide bonds. The lowest BCUT2D eigenvalue weighted by Gasteiger charge is -2.21. The Balaban J connectivity index is 1.97. The van der Waals surface area contributed by atoms with Gasteiger partial charge in [-0.05, 0) is 23.9 Å². The number of carbonyl (C=O) groups excluding carboxylic acids is 1. The van der Waals surface area contributed by atoms with Crippen LogP contribution in [0.5, 0.6) is 0 Å². The van der Waals surface area contributed by atoms with Crippen molar-refractivity contribution in [1.29, 1.82) is 0 Å². The summed E-state index contributed by atoms with van der Waals surface area (Å²) in [5, 5.41) is 11.4. The first-order chi connectivity index (χ1) is 12.8. The summed E-state index contributed by atoms with van der Waals surface area (Å²) in [4.78, 5) is 28.6. The minimum atomic E-state index is -1.33. The SMILES string of the molecule is Cc1ccsc1N(Cc1nc2c(F)c(F)cc(F)c2s1)C(=O)CCC(=O)O. The molecule has 0 unspecified atom stereocenters. The number of benzene rings is 1. The summed E-state index contributed by atoms with van der Waals surface area (Å²) in [5.74, 6) is -5.06. The average molecular weight is 414 g/mol. The third-order valence-electron chi connectivity index (χ3n) is 3.79. The Morgan fingerprint density at radius 2 is 1.96 bits per heavy atom. The van der Waals surface area contributed by atoms with Gasteiger partial charge in [0.25, 0.3) is 0 Å².